The van der Waals surface area contributed by atoms with Crippen LogP contribution in [-0.2, 0) is 4.74 Å². The second-order valence-electron chi connectivity index (χ2n) is 5.82. The quantitative estimate of drug-likeness (QED) is 0.424. The largest absolute Gasteiger partial charge is 0.486 e. The standard InChI is InChI=1S/C17H27FN4O2/c1-14(24-16-6-3-2-5-15(16)18)13-21-17(19)20-7-4-8-22-9-11-23-12-10-22/h2-3,5-6,14H,4,7-13H2,1H3,(H3,19,20,21). The monoisotopic (exact) mass is 338 g/mol. The molecular weight excluding hydrogens is 311 g/mol. The molecule has 0 spiro atoms. The minimum Gasteiger partial charge on any atom is -0.486 e. The summed E-state index contributed by atoms with van der Waals surface area (Å²) in [5.74, 6) is 0.251. The first-order chi connectivity index (χ1) is 11.6. The van der Waals surface area contributed by atoms with Gasteiger partial charge in [0.1, 0.15) is 6.10 Å². The molecule has 0 amide bonds. The zero-order valence-corrected chi connectivity index (χ0v) is 14.2. The Morgan fingerprint density at radius 3 is 2.92 bits per heavy atom. The highest BCUT2D eigenvalue weighted by Gasteiger charge is 2.09. The molecule has 1 saturated heterocycles. The van der Waals surface area contributed by atoms with Crippen LogP contribution >= 0.6 is 0 Å². The Morgan fingerprint density at radius 2 is 2.17 bits per heavy atom. The van der Waals surface area contributed by atoms with Gasteiger partial charge in [0.15, 0.2) is 17.5 Å². The van der Waals surface area contributed by atoms with Crippen molar-refractivity contribution in [1.82, 2.24) is 10.2 Å². The SMILES string of the molecule is CC(CN=C(N)NCCCN1CCOCC1)Oc1ccccc1F. The molecule has 1 aromatic rings. The number of morpholine rings is 1. The molecule has 6 nitrogen and oxygen atoms in total. The molecule has 134 valence electrons. The maximum absolute atomic E-state index is 13.5. The topological polar surface area (TPSA) is 72.1 Å². The molecule has 1 aliphatic heterocycles. The van der Waals surface area contributed by atoms with Gasteiger partial charge < -0.3 is 20.5 Å². The smallest absolute Gasteiger partial charge is 0.188 e. The number of rotatable bonds is 8. The lowest BCUT2D eigenvalue weighted by molar-refractivity contribution is 0.0376. The van der Waals surface area contributed by atoms with Crippen molar-refractivity contribution in [1.29, 1.82) is 0 Å². The molecule has 3 N–H and O–H groups in total. The predicted molar refractivity (Wildman–Crippen MR) is 92.9 cm³/mol. The van der Waals surface area contributed by atoms with Gasteiger partial charge in [-0.25, -0.2) is 9.38 Å². The number of nitrogens with two attached hydrogens (primary N) is 1. The number of guanidine groups is 1. The van der Waals surface area contributed by atoms with E-state index in [0.29, 0.717) is 12.5 Å². The van der Waals surface area contributed by atoms with Crippen molar-refractivity contribution in [2.75, 3.05) is 45.9 Å². The second-order valence-corrected chi connectivity index (χ2v) is 5.82. The normalized spacial score (nSPS) is 17.5. The number of ether oxygens (including phenoxy) is 2. The van der Waals surface area contributed by atoms with Crippen LogP contribution in [0.3, 0.4) is 0 Å². The number of nitrogens with zero attached hydrogens (tertiary/aromatic N) is 2. The molecule has 1 unspecified atom stereocenters. The average Bonchev–Trinajstić information content (AvgIpc) is 2.60. The predicted octanol–water partition coefficient (Wildman–Crippen LogP) is 1.22. The molecule has 1 heterocycles. The number of para-hydroxylation sites is 1. The van der Waals surface area contributed by atoms with Crippen LogP contribution in [0.15, 0.2) is 29.3 Å². The fourth-order valence-corrected chi connectivity index (χ4v) is 2.42. The van der Waals surface area contributed by atoms with Gasteiger partial charge in [-0.05, 0) is 32.0 Å². The van der Waals surface area contributed by atoms with E-state index in [-0.39, 0.29) is 17.7 Å². The van der Waals surface area contributed by atoms with Gasteiger partial charge in [0.2, 0.25) is 0 Å². The van der Waals surface area contributed by atoms with E-state index in [1.807, 2.05) is 6.92 Å². The molecule has 1 atom stereocenters. The van der Waals surface area contributed by atoms with Crippen LogP contribution in [-0.4, -0.2) is 62.9 Å². The van der Waals surface area contributed by atoms with E-state index < -0.39 is 0 Å². The van der Waals surface area contributed by atoms with Crippen molar-refractivity contribution in [3.63, 3.8) is 0 Å². The minimum atomic E-state index is -0.373. The van der Waals surface area contributed by atoms with E-state index in [1.54, 1.807) is 18.2 Å². The number of hydrogen-bond donors (Lipinski definition) is 2. The number of halogens is 1. The molecule has 0 bridgehead atoms. The zero-order chi connectivity index (χ0) is 17.2. The molecule has 0 aromatic heterocycles. The third-order valence-corrected chi connectivity index (χ3v) is 3.74. The van der Waals surface area contributed by atoms with E-state index in [9.17, 15) is 4.39 Å². The van der Waals surface area contributed by atoms with Crippen molar-refractivity contribution < 1.29 is 13.9 Å². The van der Waals surface area contributed by atoms with E-state index in [0.717, 1.165) is 45.8 Å². The van der Waals surface area contributed by atoms with Gasteiger partial charge in [-0.15, -0.1) is 0 Å². The average molecular weight is 338 g/mol. The van der Waals surface area contributed by atoms with Crippen LogP contribution < -0.4 is 15.8 Å². The van der Waals surface area contributed by atoms with Gasteiger partial charge in [-0.1, -0.05) is 12.1 Å². The highest BCUT2D eigenvalue weighted by Crippen LogP contribution is 2.16. The number of benzene rings is 1. The fraction of sp³-hybridized carbons (Fsp3) is 0.588. The van der Waals surface area contributed by atoms with E-state index in [2.05, 4.69) is 15.2 Å². The van der Waals surface area contributed by atoms with Gasteiger partial charge in [0.25, 0.3) is 0 Å². The van der Waals surface area contributed by atoms with Gasteiger partial charge in [-0.2, -0.15) is 0 Å². The molecule has 1 fully saturated rings. The van der Waals surface area contributed by atoms with E-state index in [4.69, 9.17) is 15.2 Å². The Morgan fingerprint density at radius 1 is 1.42 bits per heavy atom. The minimum absolute atomic E-state index is 0.234. The molecule has 0 saturated carbocycles. The summed E-state index contributed by atoms with van der Waals surface area (Å²) in [4.78, 5) is 6.61. The maximum atomic E-state index is 13.5. The Hall–Kier alpha value is -1.86. The van der Waals surface area contributed by atoms with Crippen LogP contribution in [0.2, 0.25) is 0 Å². The summed E-state index contributed by atoms with van der Waals surface area (Å²) in [5.41, 5.74) is 5.84. The fourth-order valence-electron chi connectivity index (χ4n) is 2.42. The third kappa shape index (κ3) is 6.72. The molecule has 2 rings (SSSR count). The molecule has 7 heteroatoms. The number of aliphatic imine (C=N–C) groups is 1. The van der Waals surface area contributed by atoms with E-state index in [1.165, 1.54) is 6.07 Å². The summed E-state index contributed by atoms with van der Waals surface area (Å²) in [5, 5.41) is 3.09. The Kier molecular flexibility index (Phi) is 7.77. The molecule has 1 aliphatic rings. The lowest BCUT2D eigenvalue weighted by Gasteiger charge is -2.26. The van der Waals surface area contributed by atoms with Crippen molar-refractivity contribution >= 4 is 5.96 Å². The lowest BCUT2D eigenvalue weighted by Crippen LogP contribution is -2.39. The van der Waals surface area contributed by atoms with Crippen LogP contribution in [0.4, 0.5) is 4.39 Å². The number of hydrogen-bond acceptors (Lipinski definition) is 4. The van der Waals surface area contributed by atoms with Crippen LogP contribution in [0.5, 0.6) is 5.75 Å². The van der Waals surface area contributed by atoms with Crippen molar-refractivity contribution in [2.45, 2.75) is 19.4 Å². The molecule has 0 aliphatic carbocycles. The maximum Gasteiger partial charge on any atom is 0.188 e. The van der Waals surface area contributed by atoms with Gasteiger partial charge >= 0.3 is 0 Å². The first-order valence-electron chi connectivity index (χ1n) is 8.40. The summed E-state index contributed by atoms with van der Waals surface area (Å²) in [6.45, 7) is 7.63. The highest BCUT2D eigenvalue weighted by molar-refractivity contribution is 5.77. The van der Waals surface area contributed by atoms with Crippen LogP contribution in [0, 0.1) is 5.82 Å². The van der Waals surface area contributed by atoms with Crippen molar-refractivity contribution in [2.24, 2.45) is 10.7 Å². The molecule has 24 heavy (non-hydrogen) atoms. The summed E-state index contributed by atoms with van der Waals surface area (Å²) >= 11 is 0. The second kappa shape index (κ2) is 10.1. The summed E-state index contributed by atoms with van der Waals surface area (Å²) < 4.78 is 24.3. The molecule has 0 radical (unpaired) electrons. The number of nitrogens with one attached hydrogen (secondary N) is 1. The van der Waals surface area contributed by atoms with Gasteiger partial charge in [0.05, 0.1) is 19.8 Å². The Balaban J connectivity index is 1.61. The van der Waals surface area contributed by atoms with Crippen LogP contribution in [0.25, 0.3) is 0 Å². The Bertz CT molecular complexity index is 521. The summed E-state index contributed by atoms with van der Waals surface area (Å²) in [6, 6.07) is 6.33. The molecular formula is C17H27FN4O2. The first-order valence-corrected chi connectivity index (χ1v) is 8.40. The van der Waals surface area contributed by atoms with Gasteiger partial charge in [-0.3, -0.25) is 4.90 Å². The third-order valence-electron chi connectivity index (χ3n) is 3.74. The summed E-state index contributed by atoms with van der Waals surface area (Å²) in [7, 11) is 0. The Labute approximate surface area is 142 Å². The zero-order valence-electron chi connectivity index (χ0n) is 14.2. The first kappa shape index (κ1) is 18.5. The molecule has 1 aromatic carbocycles. The van der Waals surface area contributed by atoms with Gasteiger partial charge in [0, 0.05) is 19.6 Å². The van der Waals surface area contributed by atoms with Crippen molar-refractivity contribution in [3.8, 4) is 5.75 Å². The lowest BCUT2D eigenvalue weighted by atomic mass is 10.3. The van der Waals surface area contributed by atoms with Crippen molar-refractivity contribution in [3.05, 3.63) is 30.1 Å². The van der Waals surface area contributed by atoms with E-state index >= 15 is 0 Å². The van der Waals surface area contributed by atoms with Crippen LogP contribution in [0.1, 0.15) is 13.3 Å². The summed E-state index contributed by atoms with van der Waals surface area (Å²) in [6.07, 6.45) is 0.743. The highest BCUT2D eigenvalue weighted by atomic mass is 19.1.